The number of thiophene rings is 1. The van der Waals surface area contributed by atoms with Crippen molar-refractivity contribution in [3.05, 3.63) is 20.8 Å². The van der Waals surface area contributed by atoms with Crippen molar-refractivity contribution in [2.24, 2.45) is 5.92 Å². The summed E-state index contributed by atoms with van der Waals surface area (Å²) in [6, 6.07) is 4.42. The van der Waals surface area contributed by atoms with Crippen molar-refractivity contribution in [1.82, 2.24) is 4.90 Å². The Hall–Kier alpha value is 0.140. The molecule has 0 aromatic carbocycles. The normalized spacial score (nSPS) is 22.6. The summed E-state index contributed by atoms with van der Waals surface area (Å²) in [5.41, 5.74) is 0. The van der Waals surface area contributed by atoms with Gasteiger partial charge in [0.15, 0.2) is 0 Å². The summed E-state index contributed by atoms with van der Waals surface area (Å²) in [7, 11) is 0. The molecule has 2 rings (SSSR count). The molecule has 1 aliphatic rings. The van der Waals surface area contributed by atoms with E-state index in [0.717, 1.165) is 12.5 Å². The van der Waals surface area contributed by atoms with Gasteiger partial charge >= 0.3 is 0 Å². The van der Waals surface area contributed by atoms with Gasteiger partial charge in [-0.05, 0) is 66.3 Å². The average molecular weight is 316 g/mol. The van der Waals surface area contributed by atoms with Crippen molar-refractivity contribution in [3.8, 4) is 0 Å². The van der Waals surface area contributed by atoms with Gasteiger partial charge in [0.25, 0.3) is 0 Å². The predicted molar refractivity (Wildman–Crippen MR) is 79.5 cm³/mol. The van der Waals surface area contributed by atoms with E-state index >= 15 is 0 Å². The van der Waals surface area contributed by atoms with Gasteiger partial charge in [0.2, 0.25) is 0 Å². The first kappa shape index (κ1) is 13.6. The lowest BCUT2D eigenvalue weighted by atomic mass is 9.96. The second-order valence-electron chi connectivity index (χ2n) is 5.07. The monoisotopic (exact) mass is 315 g/mol. The first-order valence-corrected chi connectivity index (χ1v) is 8.35. The fourth-order valence-electron chi connectivity index (χ4n) is 2.74. The molecule has 0 saturated carbocycles. The molecule has 0 radical (unpaired) electrons. The van der Waals surface area contributed by atoms with E-state index < -0.39 is 0 Å². The number of hydrogen-bond donors (Lipinski definition) is 0. The van der Waals surface area contributed by atoms with E-state index in [9.17, 15) is 0 Å². The lowest BCUT2D eigenvalue weighted by Gasteiger charge is -2.19. The van der Waals surface area contributed by atoms with E-state index in [4.69, 9.17) is 0 Å². The molecule has 1 aromatic rings. The number of halogens is 1. The first-order valence-electron chi connectivity index (χ1n) is 6.74. The van der Waals surface area contributed by atoms with Crippen LogP contribution < -0.4 is 0 Å². The molecule has 1 nitrogen and oxygen atoms in total. The SMILES string of the molecule is CCCC1CCCN(Cc2ccc(Br)s2)CC1. The molecule has 1 atom stereocenters. The molecule has 3 heteroatoms. The minimum absolute atomic E-state index is 0.986. The topological polar surface area (TPSA) is 3.24 Å². The molecular weight excluding hydrogens is 294 g/mol. The van der Waals surface area contributed by atoms with Crippen molar-refractivity contribution >= 4 is 27.3 Å². The summed E-state index contributed by atoms with van der Waals surface area (Å²) in [6.45, 7) is 6.04. The fraction of sp³-hybridized carbons (Fsp3) is 0.714. The first-order chi connectivity index (χ1) is 8.28. The molecule has 17 heavy (non-hydrogen) atoms. The van der Waals surface area contributed by atoms with Gasteiger partial charge in [-0.3, -0.25) is 4.90 Å². The molecule has 1 aliphatic heterocycles. The second-order valence-corrected chi connectivity index (χ2v) is 7.62. The Labute approximate surface area is 117 Å². The lowest BCUT2D eigenvalue weighted by molar-refractivity contribution is 0.273. The van der Waals surface area contributed by atoms with E-state index in [2.05, 4.69) is 39.9 Å². The van der Waals surface area contributed by atoms with E-state index in [0.29, 0.717) is 0 Å². The smallest absolute Gasteiger partial charge is 0.0701 e. The zero-order valence-electron chi connectivity index (χ0n) is 10.6. The van der Waals surface area contributed by atoms with Crippen LogP contribution in [0, 0.1) is 5.92 Å². The maximum absolute atomic E-state index is 3.54. The van der Waals surface area contributed by atoms with Crippen LogP contribution in [0.5, 0.6) is 0 Å². The standard InChI is InChI=1S/C14H22BrNS/c1-2-4-12-5-3-9-16(10-8-12)11-13-6-7-14(15)17-13/h6-7,12H,2-5,8-11H2,1H3. The molecule has 0 spiro atoms. The third kappa shape index (κ3) is 4.38. The Morgan fingerprint density at radius 1 is 1.35 bits per heavy atom. The zero-order chi connectivity index (χ0) is 12.1. The largest absolute Gasteiger partial charge is 0.298 e. The molecule has 1 aromatic heterocycles. The van der Waals surface area contributed by atoms with Crippen LogP contribution in [0.2, 0.25) is 0 Å². The van der Waals surface area contributed by atoms with Crippen LogP contribution in [0.15, 0.2) is 15.9 Å². The van der Waals surface area contributed by atoms with Crippen LogP contribution in [-0.2, 0) is 6.54 Å². The molecule has 0 amide bonds. The van der Waals surface area contributed by atoms with Gasteiger partial charge in [-0.1, -0.05) is 19.8 Å². The summed E-state index contributed by atoms with van der Waals surface area (Å²) >= 11 is 5.42. The van der Waals surface area contributed by atoms with E-state index in [1.54, 1.807) is 0 Å². The Morgan fingerprint density at radius 2 is 2.24 bits per heavy atom. The highest BCUT2D eigenvalue weighted by Crippen LogP contribution is 2.26. The highest BCUT2D eigenvalue weighted by atomic mass is 79.9. The molecule has 1 fully saturated rings. The van der Waals surface area contributed by atoms with Crippen LogP contribution in [0.4, 0.5) is 0 Å². The van der Waals surface area contributed by atoms with Crippen LogP contribution in [-0.4, -0.2) is 18.0 Å². The summed E-state index contributed by atoms with van der Waals surface area (Å²) in [6.07, 6.45) is 7.01. The van der Waals surface area contributed by atoms with Crippen LogP contribution in [0.25, 0.3) is 0 Å². The Bertz CT molecular complexity index is 337. The Balaban J connectivity index is 1.82. The zero-order valence-corrected chi connectivity index (χ0v) is 13.0. The molecular formula is C14H22BrNS. The van der Waals surface area contributed by atoms with Gasteiger partial charge in [-0.15, -0.1) is 11.3 Å². The molecule has 1 saturated heterocycles. The summed E-state index contributed by atoms with van der Waals surface area (Å²) in [4.78, 5) is 4.12. The van der Waals surface area contributed by atoms with Gasteiger partial charge in [-0.2, -0.15) is 0 Å². The van der Waals surface area contributed by atoms with Gasteiger partial charge in [0, 0.05) is 11.4 Å². The highest BCUT2D eigenvalue weighted by Gasteiger charge is 2.16. The van der Waals surface area contributed by atoms with Gasteiger partial charge in [0.1, 0.15) is 0 Å². The molecule has 0 aliphatic carbocycles. The average Bonchev–Trinajstić information content (AvgIpc) is 2.58. The Morgan fingerprint density at radius 3 is 2.94 bits per heavy atom. The van der Waals surface area contributed by atoms with E-state index in [-0.39, 0.29) is 0 Å². The van der Waals surface area contributed by atoms with Crippen molar-refractivity contribution < 1.29 is 0 Å². The minimum atomic E-state index is 0.986. The third-order valence-corrected chi connectivity index (χ3v) is 5.25. The summed E-state index contributed by atoms with van der Waals surface area (Å²) in [5, 5.41) is 0. The molecule has 0 bridgehead atoms. The maximum atomic E-state index is 3.54. The number of rotatable bonds is 4. The van der Waals surface area contributed by atoms with Crippen molar-refractivity contribution in [1.29, 1.82) is 0 Å². The number of nitrogens with zero attached hydrogens (tertiary/aromatic N) is 1. The molecule has 96 valence electrons. The molecule has 0 N–H and O–H groups in total. The molecule has 1 unspecified atom stereocenters. The van der Waals surface area contributed by atoms with Crippen molar-refractivity contribution in [2.75, 3.05) is 13.1 Å². The van der Waals surface area contributed by atoms with Gasteiger partial charge in [0.05, 0.1) is 3.79 Å². The van der Waals surface area contributed by atoms with E-state index in [1.165, 1.54) is 53.9 Å². The number of hydrogen-bond acceptors (Lipinski definition) is 2. The quantitative estimate of drug-likeness (QED) is 0.762. The minimum Gasteiger partial charge on any atom is -0.298 e. The third-order valence-electron chi connectivity index (χ3n) is 3.65. The van der Waals surface area contributed by atoms with Crippen LogP contribution >= 0.6 is 27.3 Å². The van der Waals surface area contributed by atoms with Crippen LogP contribution in [0.1, 0.15) is 43.9 Å². The van der Waals surface area contributed by atoms with Gasteiger partial charge in [-0.25, -0.2) is 0 Å². The summed E-state index contributed by atoms with van der Waals surface area (Å²) in [5.74, 6) is 0.986. The lowest BCUT2D eigenvalue weighted by Crippen LogP contribution is -2.23. The Kier molecular flexibility index (Phi) is 5.51. The van der Waals surface area contributed by atoms with Crippen molar-refractivity contribution in [2.45, 2.75) is 45.6 Å². The number of likely N-dealkylation sites (tertiary alicyclic amines) is 1. The second kappa shape index (κ2) is 6.91. The highest BCUT2D eigenvalue weighted by molar-refractivity contribution is 9.11. The molecule has 2 heterocycles. The van der Waals surface area contributed by atoms with Gasteiger partial charge < -0.3 is 0 Å². The fourth-order valence-corrected chi connectivity index (χ4v) is 4.26. The maximum Gasteiger partial charge on any atom is 0.0701 e. The van der Waals surface area contributed by atoms with Crippen LogP contribution in [0.3, 0.4) is 0 Å². The predicted octanol–water partition coefficient (Wildman–Crippen LogP) is 4.91. The van der Waals surface area contributed by atoms with Crippen molar-refractivity contribution in [3.63, 3.8) is 0 Å². The summed E-state index contributed by atoms with van der Waals surface area (Å²) < 4.78 is 1.26. The van der Waals surface area contributed by atoms with E-state index in [1.807, 2.05) is 11.3 Å².